The van der Waals surface area contributed by atoms with E-state index >= 15 is 0 Å². The van der Waals surface area contributed by atoms with E-state index in [1.165, 1.54) is 24.9 Å². The summed E-state index contributed by atoms with van der Waals surface area (Å²) in [6, 6.07) is 13.9. The first-order valence-corrected chi connectivity index (χ1v) is 11.5. The molecule has 0 radical (unpaired) electrons. The van der Waals surface area contributed by atoms with Gasteiger partial charge in [0.25, 0.3) is 5.56 Å². The van der Waals surface area contributed by atoms with Crippen LogP contribution in [0.2, 0.25) is 0 Å². The number of nitrogens with zero attached hydrogens (tertiary/aromatic N) is 1. The predicted octanol–water partition coefficient (Wildman–Crippen LogP) is 4.97. The molecule has 2 N–H and O–H groups in total. The van der Waals surface area contributed by atoms with Crippen molar-refractivity contribution < 1.29 is 13.9 Å². The van der Waals surface area contributed by atoms with E-state index in [1.807, 2.05) is 24.3 Å². The van der Waals surface area contributed by atoms with Crippen molar-refractivity contribution in [2.24, 2.45) is 0 Å². The number of aromatic amines is 1. The van der Waals surface area contributed by atoms with Crippen molar-refractivity contribution in [2.45, 2.75) is 23.8 Å². The summed E-state index contributed by atoms with van der Waals surface area (Å²) in [4.78, 5) is 33.1. The van der Waals surface area contributed by atoms with Gasteiger partial charge in [0.2, 0.25) is 0 Å². The van der Waals surface area contributed by atoms with Crippen LogP contribution in [-0.2, 0) is 15.3 Å². The summed E-state index contributed by atoms with van der Waals surface area (Å²) >= 11 is 4.64. The van der Waals surface area contributed by atoms with Gasteiger partial charge in [-0.2, -0.15) is 0 Å². The zero-order valence-electron chi connectivity index (χ0n) is 17.2. The number of esters is 1. The molecule has 1 aromatic heterocycles. The molecule has 0 saturated heterocycles. The number of carbonyl (C=O) groups is 1. The maximum Gasteiger partial charge on any atom is 0.336 e. The fourth-order valence-electron chi connectivity index (χ4n) is 3.63. The number of hydrogen-bond acceptors (Lipinski definition) is 6. The molecule has 32 heavy (non-hydrogen) atoms. The van der Waals surface area contributed by atoms with Crippen LogP contribution < -0.4 is 10.9 Å². The van der Waals surface area contributed by atoms with Gasteiger partial charge in [-0.25, -0.2) is 14.2 Å². The SMILES string of the molecule is COC(=O)C1=C(C)Nc2nc(SCc3ccccc3F)[nH]c(=O)c2C1c1ccc(Br)cc1. The fourth-order valence-corrected chi connectivity index (χ4v) is 4.74. The third-order valence-electron chi connectivity index (χ3n) is 5.15. The highest BCUT2D eigenvalue weighted by Gasteiger charge is 2.36. The minimum absolute atomic E-state index is 0.310. The molecule has 2 aromatic carbocycles. The lowest BCUT2D eigenvalue weighted by atomic mass is 9.82. The number of rotatable bonds is 5. The summed E-state index contributed by atoms with van der Waals surface area (Å²) in [7, 11) is 1.31. The standard InChI is InChI=1S/C23H19BrFN3O3S/c1-12-17(22(30)31-2)18(13-7-9-15(24)10-8-13)19-20(26-12)27-23(28-21(19)29)32-11-14-5-3-4-6-16(14)25/h3-10,18H,11H2,1-2H3,(H2,26,27,28,29). The molecule has 1 aliphatic heterocycles. The minimum atomic E-state index is -0.645. The summed E-state index contributed by atoms with van der Waals surface area (Å²) in [5, 5.41) is 3.43. The zero-order valence-corrected chi connectivity index (χ0v) is 19.6. The first-order chi connectivity index (χ1) is 15.4. The smallest absolute Gasteiger partial charge is 0.336 e. The number of H-pyrrole nitrogens is 1. The van der Waals surface area contributed by atoms with E-state index in [9.17, 15) is 14.0 Å². The van der Waals surface area contributed by atoms with Gasteiger partial charge in [0.05, 0.1) is 24.2 Å². The fraction of sp³-hybridized carbons (Fsp3) is 0.174. The first-order valence-electron chi connectivity index (χ1n) is 9.71. The number of anilines is 1. The quantitative estimate of drug-likeness (QED) is 0.283. The molecule has 164 valence electrons. The highest BCUT2D eigenvalue weighted by atomic mass is 79.9. The zero-order chi connectivity index (χ0) is 22.8. The second kappa shape index (κ2) is 9.30. The number of nitrogens with one attached hydrogen (secondary N) is 2. The Hall–Kier alpha value is -2.91. The molecular weight excluding hydrogens is 497 g/mol. The summed E-state index contributed by atoms with van der Waals surface area (Å²) in [6.07, 6.45) is 0. The van der Waals surface area contributed by atoms with Gasteiger partial charge in [0, 0.05) is 15.9 Å². The Balaban J connectivity index is 1.76. The second-order valence-corrected chi connectivity index (χ2v) is 9.03. The number of carbonyl (C=O) groups excluding carboxylic acids is 1. The third kappa shape index (κ3) is 4.35. The number of ether oxygens (including phenoxy) is 1. The molecule has 2 heterocycles. The Kier molecular flexibility index (Phi) is 6.48. The number of allylic oxidation sites excluding steroid dienone is 1. The van der Waals surface area contributed by atoms with Crippen LogP contribution in [0.1, 0.15) is 29.5 Å². The normalized spacial score (nSPS) is 15.2. The maximum atomic E-state index is 13.9. The summed E-state index contributed by atoms with van der Waals surface area (Å²) in [6.45, 7) is 1.75. The maximum absolute atomic E-state index is 13.9. The Morgan fingerprint density at radius 1 is 1.22 bits per heavy atom. The van der Waals surface area contributed by atoms with Crippen LogP contribution in [0, 0.1) is 5.82 Å². The van der Waals surface area contributed by atoms with Crippen LogP contribution in [0.25, 0.3) is 0 Å². The number of aromatic nitrogens is 2. The number of hydrogen-bond donors (Lipinski definition) is 2. The van der Waals surface area contributed by atoms with Crippen LogP contribution in [0.3, 0.4) is 0 Å². The third-order valence-corrected chi connectivity index (χ3v) is 6.60. The van der Waals surface area contributed by atoms with Crippen molar-refractivity contribution in [1.29, 1.82) is 0 Å². The van der Waals surface area contributed by atoms with E-state index < -0.39 is 11.9 Å². The lowest BCUT2D eigenvalue weighted by molar-refractivity contribution is -0.136. The van der Waals surface area contributed by atoms with Crippen molar-refractivity contribution in [3.8, 4) is 0 Å². The van der Waals surface area contributed by atoms with Crippen LogP contribution in [0.4, 0.5) is 10.2 Å². The number of fused-ring (bicyclic) bond motifs is 1. The lowest BCUT2D eigenvalue weighted by Gasteiger charge is -2.28. The molecule has 1 unspecified atom stereocenters. The molecule has 9 heteroatoms. The Morgan fingerprint density at radius 2 is 1.94 bits per heavy atom. The van der Waals surface area contributed by atoms with E-state index in [2.05, 4.69) is 31.2 Å². The van der Waals surface area contributed by atoms with Crippen molar-refractivity contribution in [1.82, 2.24) is 9.97 Å². The van der Waals surface area contributed by atoms with Gasteiger partial charge >= 0.3 is 5.97 Å². The van der Waals surface area contributed by atoms with E-state index in [-0.39, 0.29) is 11.4 Å². The molecule has 0 aliphatic carbocycles. The van der Waals surface area contributed by atoms with Gasteiger partial charge < -0.3 is 15.0 Å². The largest absolute Gasteiger partial charge is 0.466 e. The summed E-state index contributed by atoms with van der Waals surface area (Å²) < 4.78 is 19.8. The first kappa shape index (κ1) is 22.3. The number of benzene rings is 2. The molecule has 0 fully saturated rings. The molecule has 6 nitrogen and oxygen atoms in total. The van der Waals surface area contributed by atoms with E-state index in [1.54, 1.807) is 25.1 Å². The molecule has 1 aliphatic rings. The Labute approximate surface area is 196 Å². The number of methoxy groups -OCH3 is 1. The van der Waals surface area contributed by atoms with E-state index in [0.717, 1.165) is 10.0 Å². The van der Waals surface area contributed by atoms with Crippen LogP contribution >= 0.6 is 27.7 Å². The highest BCUT2D eigenvalue weighted by Crippen LogP contribution is 2.40. The molecule has 4 rings (SSSR count). The molecule has 0 bridgehead atoms. The number of thioether (sulfide) groups is 1. The summed E-state index contributed by atoms with van der Waals surface area (Å²) in [5.41, 5.74) is 2.13. The van der Waals surface area contributed by atoms with Gasteiger partial charge in [-0.15, -0.1) is 0 Å². The van der Waals surface area contributed by atoms with E-state index in [0.29, 0.717) is 39.1 Å². The van der Waals surface area contributed by atoms with E-state index in [4.69, 9.17) is 4.74 Å². The van der Waals surface area contributed by atoms with Gasteiger partial charge in [-0.3, -0.25) is 4.79 Å². The average molecular weight is 516 g/mol. The molecule has 1 atom stereocenters. The van der Waals surface area contributed by atoms with Gasteiger partial charge in [0.1, 0.15) is 11.6 Å². The molecule has 3 aromatic rings. The lowest BCUT2D eigenvalue weighted by Crippen LogP contribution is -2.31. The predicted molar refractivity (Wildman–Crippen MR) is 125 cm³/mol. The molecular formula is C23H19BrFN3O3S. The summed E-state index contributed by atoms with van der Waals surface area (Å²) in [5.74, 6) is -0.801. The minimum Gasteiger partial charge on any atom is -0.466 e. The van der Waals surface area contributed by atoms with Crippen LogP contribution in [-0.4, -0.2) is 23.0 Å². The Morgan fingerprint density at radius 3 is 2.62 bits per heavy atom. The number of halogens is 2. The molecule has 0 saturated carbocycles. The molecule has 0 spiro atoms. The van der Waals surface area contributed by atoms with Gasteiger partial charge in [-0.05, 0) is 36.2 Å². The van der Waals surface area contributed by atoms with Crippen molar-refractivity contribution in [2.75, 3.05) is 12.4 Å². The van der Waals surface area contributed by atoms with Crippen LogP contribution in [0.5, 0.6) is 0 Å². The van der Waals surface area contributed by atoms with Crippen molar-refractivity contribution in [3.05, 3.63) is 97.1 Å². The highest BCUT2D eigenvalue weighted by molar-refractivity contribution is 9.10. The monoisotopic (exact) mass is 515 g/mol. The van der Waals surface area contributed by atoms with Crippen LogP contribution in [0.15, 0.2) is 74.2 Å². The molecule has 0 amide bonds. The Bertz CT molecular complexity index is 1270. The average Bonchev–Trinajstić information content (AvgIpc) is 2.77. The van der Waals surface area contributed by atoms with Gasteiger partial charge in [0.15, 0.2) is 5.16 Å². The second-order valence-electron chi connectivity index (χ2n) is 7.15. The topological polar surface area (TPSA) is 84.1 Å². The van der Waals surface area contributed by atoms with Crippen molar-refractivity contribution in [3.63, 3.8) is 0 Å². The van der Waals surface area contributed by atoms with Crippen molar-refractivity contribution >= 4 is 39.5 Å². The van der Waals surface area contributed by atoms with Gasteiger partial charge in [-0.1, -0.05) is 58.0 Å².